The maximum atomic E-state index is 12.4. The van der Waals surface area contributed by atoms with E-state index in [1.807, 2.05) is 23.1 Å². The number of likely N-dealkylation sites (tertiary alicyclic amines) is 1. The fourth-order valence-electron chi connectivity index (χ4n) is 3.79. The largest absolute Gasteiger partial charge is 0.465 e. The van der Waals surface area contributed by atoms with Crippen molar-refractivity contribution in [2.24, 2.45) is 0 Å². The number of halogens is 1. The van der Waals surface area contributed by atoms with Gasteiger partial charge in [0.05, 0.1) is 7.11 Å². The van der Waals surface area contributed by atoms with E-state index in [2.05, 4.69) is 0 Å². The van der Waals surface area contributed by atoms with Crippen LogP contribution in [0.2, 0.25) is 5.02 Å². The van der Waals surface area contributed by atoms with Gasteiger partial charge in [-0.1, -0.05) is 23.7 Å². The van der Waals surface area contributed by atoms with Crippen LogP contribution >= 0.6 is 22.9 Å². The molecule has 0 bridgehead atoms. The second-order valence-electron chi connectivity index (χ2n) is 7.52. The fraction of sp³-hybridized carbons (Fsp3) is 0.435. The van der Waals surface area contributed by atoms with Crippen molar-refractivity contribution in [1.29, 1.82) is 0 Å². The molecule has 0 unspecified atom stereocenters. The molecule has 0 aliphatic carbocycles. The van der Waals surface area contributed by atoms with Crippen LogP contribution in [0.4, 0.5) is 0 Å². The number of methoxy groups -OCH3 is 1. The van der Waals surface area contributed by atoms with E-state index in [1.54, 1.807) is 18.2 Å². The second kappa shape index (κ2) is 10.7. The highest BCUT2D eigenvalue weighted by molar-refractivity contribution is 7.13. The Morgan fingerprint density at radius 1 is 1.20 bits per heavy atom. The molecule has 160 valence electrons. The second-order valence-corrected chi connectivity index (χ2v) is 9.13. The van der Waals surface area contributed by atoms with Crippen LogP contribution in [0.3, 0.4) is 0 Å². The topological polar surface area (TPSA) is 63.7 Å². The van der Waals surface area contributed by atoms with Crippen LogP contribution in [0.25, 0.3) is 0 Å². The Balaban J connectivity index is 1.44. The summed E-state index contributed by atoms with van der Waals surface area (Å²) in [6.45, 7) is 0.681. The van der Waals surface area contributed by atoms with Gasteiger partial charge in [-0.05, 0) is 55.5 Å². The van der Waals surface area contributed by atoms with E-state index in [1.165, 1.54) is 18.4 Å². The molecule has 7 heteroatoms. The molecule has 0 N–H and O–H groups in total. The van der Waals surface area contributed by atoms with Crippen LogP contribution in [-0.4, -0.2) is 42.3 Å². The molecule has 1 amide bonds. The summed E-state index contributed by atoms with van der Waals surface area (Å²) < 4.78 is 4.74. The molecule has 1 fully saturated rings. The first-order valence-corrected chi connectivity index (χ1v) is 11.4. The Kier molecular flexibility index (Phi) is 8.05. The molecular formula is C23H26ClNO4S. The molecule has 1 aliphatic rings. The van der Waals surface area contributed by atoms with E-state index in [9.17, 15) is 14.4 Å². The molecule has 1 atom stereocenters. The zero-order chi connectivity index (χ0) is 21.5. The minimum atomic E-state index is -0.315. The Morgan fingerprint density at radius 2 is 1.97 bits per heavy atom. The Hall–Kier alpha value is -2.18. The molecule has 1 aromatic heterocycles. The van der Waals surface area contributed by atoms with Crippen molar-refractivity contribution in [1.82, 2.24) is 4.90 Å². The summed E-state index contributed by atoms with van der Waals surface area (Å²) in [6.07, 6.45) is 4.61. The average Bonchev–Trinajstić information content (AvgIpc) is 3.35. The number of carbonyl (C=O) groups excluding carboxylic acids is 3. The Labute approximate surface area is 186 Å². The zero-order valence-corrected chi connectivity index (χ0v) is 18.6. The first-order valence-electron chi connectivity index (χ1n) is 10.2. The zero-order valence-electron chi connectivity index (χ0n) is 17.1. The first-order chi connectivity index (χ1) is 14.5. The summed E-state index contributed by atoms with van der Waals surface area (Å²) in [4.78, 5) is 39.8. The van der Waals surface area contributed by atoms with Crippen LogP contribution in [0.1, 0.15) is 52.2 Å². The number of ketones is 1. The van der Waals surface area contributed by atoms with Crippen molar-refractivity contribution in [3.8, 4) is 0 Å². The lowest BCUT2D eigenvalue weighted by Gasteiger charge is -2.24. The summed E-state index contributed by atoms with van der Waals surface area (Å²) in [5, 5.41) is 0.662. The smallest absolute Gasteiger partial charge is 0.348 e. The van der Waals surface area contributed by atoms with E-state index < -0.39 is 0 Å². The molecule has 30 heavy (non-hydrogen) atoms. The molecule has 2 heterocycles. The van der Waals surface area contributed by atoms with Gasteiger partial charge in [-0.15, -0.1) is 11.3 Å². The number of ether oxygens (including phenoxy) is 1. The number of aryl methyl sites for hydroxylation is 1. The van der Waals surface area contributed by atoms with E-state index in [0.29, 0.717) is 42.1 Å². The molecule has 5 nitrogen and oxygen atoms in total. The number of nitrogens with zero attached hydrogens (tertiary/aromatic N) is 1. The summed E-state index contributed by atoms with van der Waals surface area (Å²) in [6, 6.07) is 11.2. The highest BCUT2D eigenvalue weighted by Crippen LogP contribution is 2.25. The van der Waals surface area contributed by atoms with Gasteiger partial charge in [-0.3, -0.25) is 9.59 Å². The fourth-order valence-corrected chi connectivity index (χ4v) is 4.89. The van der Waals surface area contributed by atoms with Gasteiger partial charge in [-0.2, -0.15) is 0 Å². The molecule has 1 saturated heterocycles. The minimum absolute atomic E-state index is 0.139. The van der Waals surface area contributed by atoms with E-state index in [0.717, 1.165) is 29.7 Å². The van der Waals surface area contributed by atoms with E-state index in [-0.39, 0.29) is 23.7 Å². The maximum Gasteiger partial charge on any atom is 0.348 e. The van der Waals surface area contributed by atoms with Crippen LogP contribution in [-0.2, 0) is 27.2 Å². The van der Waals surface area contributed by atoms with E-state index >= 15 is 0 Å². The van der Waals surface area contributed by atoms with Crippen LogP contribution < -0.4 is 0 Å². The van der Waals surface area contributed by atoms with Crippen molar-refractivity contribution < 1.29 is 19.1 Å². The van der Waals surface area contributed by atoms with Crippen molar-refractivity contribution >= 4 is 40.6 Å². The SMILES string of the molecule is COC(=O)c1ccc(CCCN2C(=O)CC[C@@H]2CCC(=O)Cc2ccc(Cl)cc2)s1. The molecule has 1 aromatic carbocycles. The van der Waals surface area contributed by atoms with Crippen molar-refractivity contribution in [2.75, 3.05) is 13.7 Å². The van der Waals surface area contributed by atoms with Crippen LogP contribution in [0.15, 0.2) is 36.4 Å². The van der Waals surface area contributed by atoms with Crippen molar-refractivity contribution in [2.45, 2.75) is 51.0 Å². The highest BCUT2D eigenvalue weighted by atomic mass is 35.5. The first kappa shape index (κ1) is 22.5. The Morgan fingerprint density at radius 3 is 2.70 bits per heavy atom. The quantitative estimate of drug-likeness (QED) is 0.495. The number of carbonyl (C=O) groups is 3. The summed E-state index contributed by atoms with van der Waals surface area (Å²) in [7, 11) is 1.38. The average molecular weight is 448 g/mol. The summed E-state index contributed by atoms with van der Waals surface area (Å²) in [5.74, 6) is 0.0430. The lowest BCUT2D eigenvalue weighted by atomic mass is 10.0. The number of benzene rings is 1. The number of amides is 1. The molecule has 0 radical (unpaired) electrons. The van der Waals surface area contributed by atoms with Gasteiger partial charge in [-0.25, -0.2) is 4.79 Å². The monoisotopic (exact) mass is 447 g/mol. The van der Waals surface area contributed by atoms with E-state index in [4.69, 9.17) is 16.3 Å². The summed E-state index contributed by atoms with van der Waals surface area (Å²) >= 11 is 7.32. The molecule has 3 rings (SSSR count). The molecule has 2 aromatic rings. The standard InChI is InChI=1S/C23H26ClNO4S/c1-29-23(28)21-12-11-20(30-21)3-2-14-25-18(9-13-22(25)27)8-10-19(26)15-16-4-6-17(24)7-5-16/h4-7,11-12,18H,2-3,8-10,13-15H2,1H3/t18-/m0/s1. The number of hydrogen-bond acceptors (Lipinski definition) is 5. The molecular weight excluding hydrogens is 422 g/mol. The van der Waals surface area contributed by atoms with Gasteiger partial charge >= 0.3 is 5.97 Å². The van der Waals surface area contributed by atoms with Gasteiger partial charge in [0.2, 0.25) is 5.91 Å². The minimum Gasteiger partial charge on any atom is -0.465 e. The number of rotatable bonds is 10. The summed E-state index contributed by atoms with van der Waals surface area (Å²) in [5.41, 5.74) is 0.964. The highest BCUT2D eigenvalue weighted by Gasteiger charge is 2.30. The van der Waals surface area contributed by atoms with Gasteiger partial charge in [0.1, 0.15) is 10.7 Å². The van der Waals surface area contributed by atoms with Crippen LogP contribution in [0, 0.1) is 0 Å². The molecule has 0 saturated carbocycles. The van der Waals surface area contributed by atoms with Crippen LogP contribution in [0.5, 0.6) is 0 Å². The number of hydrogen-bond donors (Lipinski definition) is 0. The van der Waals surface area contributed by atoms with Crippen molar-refractivity contribution in [3.05, 3.63) is 56.7 Å². The number of Topliss-reactive ketones (excluding diaryl/α,β-unsaturated/α-hetero) is 1. The maximum absolute atomic E-state index is 12.4. The van der Waals surface area contributed by atoms with Crippen molar-refractivity contribution in [3.63, 3.8) is 0 Å². The Bertz CT molecular complexity index is 893. The van der Waals surface area contributed by atoms with Gasteiger partial charge < -0.3 is 9.64 Å². The molecule has 0 spiro atoms. The predicted octanol–water partition coefficient (Wildman–Crippen LogP) is 4.70. The third kappa shape index (κ3) is 6.16. The van der Waals surface area contributed by atoms with Gasteiger partial charge in [0.25, 0.3) is 0 Å². The molecule has 1 aliphatic heterocycles. The third-order valence-electron chi connectivity index (χ3n) is 5.39. The number of thiophene rings is 1. The predicted molar refractivity (Wildman–Crippen MR) is 118 cm³/mol. The number of esters is 1. The lowest BCUT2D eigenvalue weighted by molar-refractivity contribution is -0.129. The van der Waals surface area contributed by atoms with Gasteiger partial charge in [0.15, 0.2) is 0 Å². The third-order valence-corrected chi connectivity index (χ3v) is 6.77. The lowest BCUT2D eigenvalue weighted by Crippen LogP contribution is -2.34. The van der Waals surface area contributed by atoms with Gasteiger partial charge in [0, 0.05) is 41.7 Å². The normalized spacial score (nSPS) is 16.1.